The molecule has 1 amide bonds. The lowest BCUT2D eigenvalue weighted by Crippen LogP contribution is -2.44. The maximum atomic E-state index is 13.0. The Morgan fingerprint density at radius 2 is 1.90 bits per heavy atom. The van der Waals surface area contributed by atoms with Crippen LogP contribution in [0.25, 0.3) is 0 Å². The molecule has 1 saturated carbocycles. The van der Waals surface area contributed by atoms with E-state index in [0.717, 1.165) is 18.4 Å². The summed E-state index contributed by atoms with van der Waals surface area (Å²) in [5.74, 6) is 0.239. The molecule has 20 heavy (non-hydrogen) atoms. The van der Waals surface area contributed by atoms with E-state index >= 15 is 0 Å². The van der Waals surface area contributed by atoms with Gasteiger partial charge in [-0.15, -0.1) is 0 Å². The van der Waals surface area contributed by atoms with Gasteiger partial charge in [0.25, 0.3) is 0 Å². The minimum absolute atomic E-state index is 0.130. The third-order valence-corrected chi connectivity index (χ3v) is 4.32. The van der Waals surface area contributed by atoms with Gasteiger partial charge >= 0.3 is 0 Å². The zero-order valence-electron chi connectivity index (χ0n) is 11.6. The SMILES string of the molecule is O=C(C1CCCC1)N1CCO[C@@H](c2ccc(F)cc2)C1. The van der Waals surface area contributed by atoms with E-state index in [2.05, 4.69) is 0 Å². The Labute approximate surface area is 118 Å². The first-order valence-electron chi connectivity index (χ1n) is 7.40. The van der Waals surface area contributed by atoms with Gasteiger partial charge < -0.3 is 9.64 Å². The minimum Gasteiger partial charge on any atom is -0.370 e. The fraction of sp³-hybridized carbons (Fsp3) is 0.562. The van der Waals surface area contributed by atoms with Gasteiger partial charge in [0, 0.05) is 12.5 Å². The highest BCUT2D eigenvalue weighted by atomic mass is 19.1. The van der Waals surface area contributed by atoms with Gasteiger partial charge in [-0.2, -0.15) is 0 Å². The van der Waals surface area contributed by atoms with Crippen molar-refractivity contribution in [1.82, 2.24) is 4.90 Å². The van der Waals surface area contributed by atoms with Crippen LogP contribution in [0.3, 0.4) is 0 Å². The summed E-state index contributed by atoms with van der Waals surface area (Å²) in [6.07, 6.45) is 4.26. The standard InChI is InChI=1S/C16H20FNO2/c17-14-7-5-12(6-8-14)15-11-18(9-10-20-15)16(19)13-3-1-2-4-13/h5-8,13,15H,1-4,9-11H2/t15-/m1/s1. The Morgan fingerprint density at radius 1 is 1.20 bits per heavy atom. The van der Waals surface area contributed by atoms with Crippen LogP contribution in [0.15, 0.2) is 24.3 Å². The van der Waals surface area contributed by atoms with Gasteiger partial charge in [-0.3, -0.25) is 4.79 Å². The van der Waals surface area contributed by atoms with E-state index in [1.54, 1.807) is 12.1 Å². The molecule has 0 bridgehead atoms. The summed E-state index contributed by atoms with van der Waals surface area (Å²) >= 11 is 0. The second kappa shape index (κ2) is 5.92. The first-order valence-corrected chi connectivity index (χ1v) is 7.40. The van der Waals surface area contributed by atoms with Crippen molar-refractivity contribution >= 4 is 5.91 Å². The topological polar surface area (TPSA) is 29.5 Å². The van der Waals surface area contributed by atoms with Crippen molar-refractivity contribution in [3.63, 3.8) is 0 Å². The van der Waals surface area contributed by atoms with Gasteiger partial charge in [0.1, 0.15) is 11.9 Å². The molecule has 4 heteroatoms. The fourth-order valence-electron chi connectivity index (χ4n) is 3.16. The smallest absolute Gasteiger partial charge is 0.225 e. The summed E-state index contributed by atoms with van der Waals surface area (Å²) in [6.45, 7) is 1.81. The Balaban J connectivity index is 1.66. The molecule has 1 aliphatic carbocycles. The quantitative estimate of drug-likeness (QED) is 0.832. The average molecular weight is 277 g/mol. The van der Waals surface area contributed by atoms with Crippen molar-refractivity contribution in [2.45, 2.75) is 31.8 Å². The summed E-state index contributed by atoms with van der Waals surface area (Å²) < 4.78 is 18.7. The molecule has 1 heterocycles. The van der Waals surface area contributed by atoms with E-state index in [0.29, 0.717) is 19.7 Å². The Morgan fingerprint density at radius 3 is 2.60 bits per heavy atom. The number of nitrogens with zero attached hydrogens (tertiary/aromatic N) is 1. The van der Waals surface area contributed by atoms with E-state index in [9.17, 15) is 9.18 Å². The molecule has 3 nitrogen and oxygen atoms in total. The molecule has 1 saturated heterocycles. The van der Waals surface area contributed by atoms with E-state index in [4.69, 9.17) is 4.74 Å². The minimum atomic E-state index is -0.247. The number of ether oxygens (including phenoxy) is 1. The van der Waals surface area contributed by atoms with E-state index in [1.165, 1.54) is 25.0 Å². The summed E-state index contributed by atoms with van der Waals surface area (Å²) in [4.78, 5) is 14.4. The van der Waals surface area contributed by atoms with Crippen molar-refractivity contribution < 1.29 is 13.9 Å². The maximum Gasteiger partial charge on any atom is 0.225 e. The Kier molecular flexibility index (Phi) is 4.01. The normalized spacial score (nSPS) is 24.1. The average Bonchev–Trinajstić information content (AvgIpc) is 3.01. The Bertz CT molecular complexity index is 468. The number of amides is 1. The lowest BCUT2D eigenvalue weighted by molar-refractivity contribution is -0.143. The summed E-state index contributed by atoms with van der Waals surface area (Å²) in [5, 5.41) is 0. The lowest BCUT2D eigenvalue weighted by Gasteiger charge is -2.34. The zero-order chi connectivity index (χ0) is 13.9. The van der Waals surface area contributed by atoms with Gasteiger partial charge in [-0.25, -0.2) is 4.39 Å². The van der Waals surface area contributed by atoms with Crippen molar-refractivity contribution in [1.29, 1.82) is 0 Å². The monoisotopic (exact) mass is 277 g/mol. The van der Waals surface area contributed by atoms with Crippen LogP contribution in [0.1, 0.15) is 37.4 Å². The molecule has 1 atom stereocenters. The number of carbonyl (C=O) groups excluding carboxylic acids is 1. The molecule has 1 aliphatic heterocycles. The molecule has 3 rings (SSSR count). The summed E-state index contributed by atoms with van der Waals surface area (Å²) in [5.41, 5.74) is 0.940. The first-order chi connectivity index (χ1) is 9.74. The van der Waals surface area contributed by atoms with Crippen LogP contribution < -0.4 is 0 Å². The van der Waals surface area contributed by atoms with E-state index < -0.39 is 0 Å². The molecule has 0 aromatic heterocycles. The van der Waals surface area contributed by atoms with Gasteiger partial charge in [0.15, 0.2) is 0 Å². The molecule has 2 fully saturated rings. The van der Waals surface area contributed by atoms with Gasteiger partial charge in [-0.1, -0.05) is 25.0 Å². The van der Waals surface area contributed by atoms with Crippen molar-refractivity contribution in [2.75, 3.05) is 19.7 Å². The number of hydrogen-bond acceptors (Lipinski definition) is 2. The first kappa shape index (κ1) is 13.6. The number of rotatable bonds is 2. The number of morpholine rings is 1. The second-order valence-corrected chi connectivity index (χ2v) is 5.68. The lowest BCUT2D eigenvalue weighted by atomic mass is 10.0. The van der Waals surface area contributed by atoms with E-state index in [1.807, 2.05) is 4.90 Å². The number of hydrogen-bond donors (Lipinski definition) is 0. The predicted molar refractivity (Wildman–Crippen MR) is 73.6 cm³/mol. The molecule has 0 spiro atoms. The van der Waals surface area contributed by atoms with E-state index in [-0.39, 0.29) is 23.7 Å². The van der Waals surface area contributed by atoms with Crippen LogP contribution in [0.4, 0.5) is 4.39 Å². The zero-order valence-corrected chi connectivity index (χ0v) is 11.6. The van der Waals surface area contributed by atoms with Crippen molar-refractivity contribution in [2.24, 2.45) is 5.92 Å². The second-order valence-electron chi connectivity index (χ2n) is 5.68. The van der Waals surface area contributed by atoms with Gasteiger partial charge in [0.05, 0.1) is 13.2 Å². The van der Waals surface area contributed by atoms with Crippen LogP contribution in [0.5, 0.6) is 0 Å². The van der Waals surface area contributed by atoms with Crippen LogP contribution in [-0.4, -0.2) is 30.5 Å². The van der Waals surface area contributed by atoms with Gasteiger partial charge in [0.2, 0.25) is 5.91 Å². The third-order valence-electron chi connectivity index (χ3n) is 4.32. The molecule has 1 aromatic carbocycles. The van der Waals surface area contributed by atoms with Crippen LogP contribution in [0, 0.1) is 11.7 Å². The van der Waals surface area contributed by atoms with Crippen molar-refractivity contribution in [3.05, 3.63) is 35.6 Å². The highest BCUT2D eigenvalue weighted by Gasteiger charge is 2.31. The Hall–Kier alpha value is -1.42. The number of halogens is 1. The number of carbonyl (C=O) groups is 1. The molecule has 0 N–H and O–H groups in total. The molecule has 0 radical (unpaired) electrons. The summed E-state index contributed by atoms with van der Waals surface area (Å²) in [6, 6.07) is 6.36. The molecular weight excluding hydrogens is 257 g/mol. The van der Waals surface area contributed by atoms with Crippen LogP contribution >= 0.6 is 0 Å². The third kappa shape index (κ3) is 2.85. The molecule has 2 aliphatic rings. The highest BCUT2D eigenvalue weighted by Crippen LogP contribution is 2.29. The molecule has 108 valence electrons. The largest absolute Gasteiger partial charge is 0.370 e. The predicted octanol–water partition coefficient (Wildman–Crippen LogP) is 2.92. The number of benzene rings is 1. The summed E-state index contributed by atoms with van der Waals surface area (Å²) in [7, 11) is 0. The van der Waals surface area contributed by atoms with Crippen LogP contribution in [-0.2, 0) is 9.53 Å². The van der Waals surface area contributed by atoms with Crippen LogP contribution in [0.2, 0.25) is 0 Å². The fourth-order valence-corrected chi connectivity index (χ4v) is 3.16. The highest BCUT2D eigenvalue weighted by molar-refractivity contribution is 5.79. The maximum absolute atomic E-state index is 13.0. The molecule has 0 unspecified atom stereocenters. The van der Waals surface area contributed by atoms with Crippen molar-refractivity contribution in [3.8, 4) is 0 Å². The molecular formula is C16H20FNO2. The molecule has 1 aromatic rings. The van der Waals surface area contributed by atoms with Gasteiger partial charge in [-0.05, 0) is 30.5 Å².